The fourth-order valence-corrected chi connectivity index (χ4v) is 17.7. The molecule has 2 saturated heterocycles. The Morgan fingerprint density at radius 3 is 2.17 bits per heavy atom. The van der Waals surface area contributed by atoms with Crippen LogP contribution in [0.1, 0.15) is 94.2 Å². The van der Waals surface area contributed by atoms with Crippen molar-refractivity contribution in [2.45, 2.75) is 129 Å². The zero-order valence-electron chi connectivity index (χ0n) is 26.0. The average Bonchev–Trinajstić information content (AvgIpc) is 3.39. The maximum atomic E-state index is 14.0. The molecule has 2 aromatic heterocycles. The van der Waals surface area contributed by atoms with Gasteiger partial charge in [-0.1, -0.05) is 55.4 Å². The highest BCUT2D eigenvalue weighted by molar-refractivity contribution is 6.84. The minimum atomic E-state index is -2.88. The zero-order chi connectivity index (χ0) is 29.8. The van der Waals surface area contributed by atoms with Crippen LogP contribution in [-0.4, -0.2) is 67.4 Å². The van der Waals surface area contributed by atoms with E-state index in [9.17, 15) is 9.59 Å². The topological polar surface area (TPSA) is 119 Å². The first-order chi connectivity index (χ1) is 18.5. The van der Waals surface area contributed by atoms with E-state index in [0.29, 0.717) is 24.1 Å². The molecule has 224 valence electrons. The van der Waals surface area contributed by atoms with Crippen molar-refractivity contribution in [3.05, 3.63) is 28.4 Å². The van der Waals surface area contributed by atoms with Gasteiger partial charge in [-0.3, -0.25) is 9.69 Å². The quantitative estimate of drug-likeness (QED) is 0.394. The minimum Gasteiger partial charge on any atom is -0.444 e. The van der Waals surface area contributed by atoms with Crippen molar-refractivity contribution in [1.82, 2.24) is 19.9 Å². The van der Waals surface area contributed by atoms with Crippen LogP contribution in [-0.2, 0) is 17.7 Å². The number of rotatable bonds is 5. The van der Waals surface area contributed by atoms with Gasteiger partial charge in [0.1, 0.15) is 16.6 Å². The second kappa shape index (κ2) is 11.0. The van der Waals surface area contributed by atoms with E-state index in [1.807, 2.05) is 20.8 Å². The highest BCUT2D eigenvalue weighted by atomic mass is 28.5. The van der Waals surface area contributed by atoms with Crippen LogP contribution in [0.3, 0.4) is 0 Å². The Kier molecular flexibility index (Phi) is 8.52. The highest BCUT2D eigenvalue weighted by Gasteiger charge is 2.61. The molecule has 0 aliphatic carbocycles. The molecular weight excluding hydrogens is 545 g/mol. The molecule has 12 heteroatoms. The van der Waals surface area contributed by atoms with Gasteiger partial charge in [-0.25, -0.2) is 9.78 Å². The molecular formula is C28H48N4O6Si2. The van der Waals surface area contributed by atoms with Gasteiger partial charge in [0.25, 0.3) is 5.56 Å². The van der Waals surface area contributed by atoms with Crippen molar-refractivity contribution < 1.29 is 22.5 Å². The van der Waals surface area contributed by atoms with Gasteiger partial charge in [0.05, 0.1) is 31.1 Å². The van der Waals surface area contributed by atoms with E-state index in [4.69, 9.17) is 17.7 Å². The minimum absolute atomic E-state index is 0.168. The molecule has 0 radical (unpaired) electrons. The lowest BCUT2D eigenvalue weighted by molar-refractivity contribution is -0.00928. The molecule has 2 aliphatic rings. The first-order valence-corrected chi connectivity index (χ1v) is 18.6. The van der Waals surface area contributed by atoms with E-state index >= 15 is 0 Å². The molecule has 3 atom stereocenters. The highest BCUT2D eigenvalue weighted by Crippen LogP contribution is 2.50. The van der Waals surface area contributed by atoms with Crippen LogP contribution in [0.15, 0.2) is 17.3 Å². The Hall–Kier alpha value is -2.00. The lowest BCUT2D eigenvalue weighted by Gasteiger charge is -2.51. The molecule has 0 saturated carbocycles. The molecule has 4 rings (SSSR count). The first-order valence-electron chi connectivity index (χ1n) is 14.6. The number of fused-ring (bicyclic) bond motifs is 2. The predicted molar refractivity (Wildman–Crippen MR) is 160 cm³/mol. The van der Waals surface area contributed by atoms with Gasteiger partial charge in [-0.15, -0.1) is 0 Å². The predicted octanol–water partition coefficient (Wildman–Crippen LogP) is 6.26. The number of nitrogens with zero attached hydrogens (tertiary/aromatic N) is 2. The third-order valence-corrected chi connectivity index (χ3v) is 18.7. The van der Waals surface area contributed by atoms with Gasteiger partial charge in [0.15, 0.2) is 0 Å². The van der Waals surface area contributed by atoms with E-state index in [0.717, 1.165) is 5.56 Å². The number of aromatic amines is 2. The SMILES string of the molecule is CC(C)[Si]1(C(C)C)OC[C@@H]2[C@H](C[C@H](c3c[nH]c4c(=O)[nH]cnc34)N2C(=O)OC(C)(C)C)O[Si](C(C)C)(C(C)C)O1. The molecule has 2 N–H and O–H groups in total. The Bertz CT molecular complexity index is 1250. The van der Waals surface area contributed by atoms with Crippen molar-refractivity contribution in [3.63, 3.8) is 0 Å². The van der Waals surface area contributed by atoms with Gasteiger partial charge in [-0.2, -0.15) is 0 Å². The molecule has 1 amide bonds. The summed E-state index contributed by atoms with van der Waals surface area (Å²) in [7, 11) is -5.67. The summed E-state index contributed by atoms with van der Waals surface area (Å²) in [6.07, 6.45) is 2.94. The first kappa shape index (κ1) is 31.0. The number of aromatic nitrogens is 3. The van der Waals surface area contributed by atoms with Gasteiger partial charge < -0.3 is 27.7 Å². The maximum Gasteiger partial charge on any atom is 0.411 e. The Morgan fingerprint density at radius 2 is 1.62 bits per heavy atom. The molecule has 0 bridgehead atoms. The number of likely N-dealkylation sites (tertiary alicyclic amines) is 1. The largest absolute Gasteiger partial charge is 0.444 e. The van der Waals surface area contributed by atoms with Crippen LogP contribution in [0.5, 0.6) is 0 Å². The molecule has 10 nitrogen and oxygen atoms in total. The molecule has 40 heavy (non-hydrogen) atoms. The molecule has 0 spiro atoms. The summed E-state index contributed by atoms with van der Waals surface area (Å²) < 4.78 is 27.6. The van der Waals surface area contributed by atoms with Crippen LogP contribution < -0.4 is 5.56 Å². The molecule has 0 aromatic carbocycles. The number of carbonyl (C=O) groups excluding carboxylic acids is 1. The van der Waals surface area contributed by atoms with Gasteiger partial charge >= 0.3 is 23.2 Å². The summed E-state index contributed by atoms with van der Waals surface area (Å²) in [5, 5.41) is 0. The normalized spacial score (nSPS) is 25.1. The van der Waals surface area contributed by atoms with Crippen LogP contribution in [0, 0.1) is 0 Å². The molecule has 0 unspecified atom stereocenters. The van der Waals surface area contributed by atoms with Gasteiger partial charge in [0, 0.05) is 11.8 Å². The second-order valence-electron chi connectivity index (χ2n) is 13.5. The summed E-state index contributed by atoms with van der Waals surface area (Å²) in [4.78, 5) is 38.4. The van der Waals surface area contributed by atoms with Crippen LogP contribution in [0.25, 0.3) is 11.0 Å². The van der Waals surface area contributed by atoms with Crippen molar-refractivity contribution >= 4 is 34.2 Å². The third kappa shape index (κ3) is 5.33. The van der Waals surface area contributed by atoms with E-state index in [1.165, 1.54) is 6.33 Å². The van der Waals surface area contributed by atoms with Crippen LogP contribution in [0.4, 0.5) is 4.79 Å². The van der Waals surface area contributed by atoms with Gasteiger partial charge in [-0.05, 0) is 49.4 Å². The van der Waals surface area contributed by atoms with Gasteiger partial charge in [0.2, 0.25) is 0 Å². The van der Waals surface area contributed by atoms with E-state index in [-0.39, 0.29) is 39.9 Å². The average molecular weight is 593 g/mol. The third-order valence-electron chi connectivity index (χ3n) is 8.39. The van der Waals surface area contributed by atoms with E-state index < -0.39 is 34.9 Å². The summed E-state index contributed by atoms with van der Waals surface area (Å²) in [5.41, 5.74) is 1.45. The number of H-pyrrole nitrogens is 2. The Morgan fingerprint density at radius 1 is 1.02 bits per heavy atom. The Balaban J connectivity index is 1.89. The molecule has 4 heterocycles. The van der Waals surface area contributed by atoms with Crippen molar-refractivity contribution in [2.75, 3.05) is 6.61 Å². The second-order valence-corrected chi connectivity index (χ2v) is 22.4. The summed E-state index contributed by atoms with van der Waals surface area (Å²) >= 11 is 0. The number of nitrogens with one attached hydrogen (secondary N) is 2. The van der Waals surface area contributed by atoms with Crippen LogP contribution in [0.2, 0.25) is 22.2 Å². The van der Waals surface area contributed by atoms with E-state index in [1.54, 1.807) is 11.1 Å². The summed E-state index contributed by atoms with van der Waals surface area (Å²) in [6, 6.07) is -0.806. The summed E-state index contributed by atoms with van der Waals surface area (Å²) in [6.45, 7) is 23.4. The molecule has 2 aromatic rings. The number of hydrogen-bond acceptors (Lipinski definition) is 7. The summed E-state index contributed by atoms with van der Waals surface area (Å²) in [5.74, 6) is 0. The molecule has 2 aliphatic heterocycles. The standard InChI is InChI=1S/C28H48N4O6Si2/c1-16(2)39(17(3)4)35-14-22-23(37-40(38-39,18(5)6)19(7)8)12-21(32(22)27(34)36-28(9,10)11)20-13-29-25-24(20)30-15-31-26(25)33/h13,15-19,21-23,29H,12,14H2,1-11H3,(H,30,31,33)/t21-,22-,23+/m1/s1. The van der Waals surface area contributed by atoms with E-state index in [2.05, 4.69) is 70.3 Å². The van der Waals surface area contributed by atoms with Crippen molar-refractivity contribution in [1.29, 1.82) is 0 Å². The van der Waals surface area contributed by atoms with Crippen molar-refractivity contribution in [3.8, 4) is 0 Å². The number of ether oxygens (including phenoxy) is 1. The fraction of sp³-hybridized carbons (Fsp3) is 0.750. The lowest BCUT2D eigenvalue weighted by atomic mass is 10.1. The monoisotopic (exact) mass is 592 g/mol. The zero-order valence-corrected chi connectivity index (χ0v) is 28.0. The van der Waals surface area contributed by atoms with Crippen LogP contribution >= 0.6 is 0 Å². The molecule has 2 fully saturated rings. The number of carbonyl (C=O) groups is 1. The lowest BCUT2D eigenvalue weighted by Crippen LogP contribution is -2.66. The smallest absolute Gasteiger partial charge is 0.411 e. The Labute approximate surface area is 240 Å². The maximum absolute atomic E-state index is 14.0. The number of hydrogen-bond donors (Lipinski definition) is 2. The van der Waals surface area contributed by atoms with Crippen molar-refractivity contribution in [2.24, 2.45) is 0 Å². The fourth-order valence-electron chi connectivity index (χ4n) is 6.46. The number of amides is 1.